The van der Waals surface area contributed by atoms with Gasteiger partial charge in [0.2, 0.25) is 5.91 Å². The van der Waals surface area contributed by atoms with Crippen molar-refractivity contribution < 1.29 is 14.1 Å². The lowest BCUT2D eigenvalue weighted by Crippen LogP contribution is -2.55. The van der Waals surface area contributed by atoms with Crippen LogP contribution in [0.25, 0.3) is 0 Å². The van der Waals surface area contributed by atoms with Crippen molar-refractivity contribution in [2.75, 3.05) is 13.2 Å². The van der Waals surface area contributed by atoms with Gasteiger partial charge in [0.1, 0.15) is 5.76 Å². The molecule has 1 aliphatic heterocycles. The van der Waals surface area contributed by atoms with E-state index in [0.29, 0.717) is 13.2 Å². The van der Waals surface area contributed by atoms with Crippen LogP contribution >= 0.6 is 0 Å². The lowest BCUT2D eigenvalue weighted by atomic mass is 9.87. The molecule has 0 spiro atoms. The summed E-state index contributed by atoms with van der Waals surface area (Å²) in [5, 5.41) is 4.02. The highest BCUT2D eigenvalue weighted by atomic mass is 16.5. The predicted octanol–water partition coefficient (Wildman–Crippen LogP) is 2.96. The predicted molar refractivity (Wildman–Crippen MR) is 82.7 cm³/mol. The van der Waals surface area contributed by atoms with Crippen LogP contribution in [-0.2, 0) is 9.53 Å². The van der Waals surface area contributed by atoms with Crippen LogP contribution < -0.4 is 0 Å². The normalized spacial score (nSPS) is 26.6. The number of aryl methyl sites for hydroxylation is 2. The molecule has 3 rings (SSSR count). The average molecular weight is 306 g/mol. The van der Waals surface area contributed by atoms with E-state index >= 15 is 0 Å². The van der Waals surface area contributed by atoms with E-state index in [1.54, 1.807) is 0 Å². The zero-order valence-electron chi connectivity index (χ0n) is 13.8. The zero-order valence-corrected chi connectivity index (χ0v) is 13.8. The highest BCUT2D eigenvalue weighted by Crippen LogP contribution is 2.33. The number of amides is 1. The van der Waals surface area contributed by atoms with Crippen molar-refractivity contribution >= 4 is 5.91 Å². The molecule has 1 amide bonds. The van der Waals surface area contributed by atoms with Gasteiger partial charge in [0.15, 0.2) is 0 Å². The summed E-state index contributed by atoms with van der Waals surface area (Å²) in [6.45, 7) is 7.25. The zero-order chi connectivity index (χ0) is 15.7. The maximum atomic E-state index is 13.2. The van der Waals surface area contributed by atoms with Gasteiger partial charge in [0.25, 0.3) is 0 Å². The number of hydrogen-bond donors (Lipinski definition) is 0. The second kappa shape index (κ2) is 6.41. The third kappa shape index (κ3) is 2.67. The Labute approximate surface area is 132 Å². The van der Waals surface area contributed by atoms with Gasteiger partial charge < -0.3 is 14.2 Å². The standard InChI is InChI=1S/C17H26N2O3/c1-4-13(16-11(2)18-22-12(16)3)17(20)19-9-10-21-15-8-6-5-7-14(15)19/h13-15H,4-10H2,1-3H3. The van der Waals surface area contributed by atoms with Crippen molar-refractivity contribution in [3.63, 3.8) is 0 Å². The lowest BCUT2D eigenvalue weighted by molar-refractivity contribution is -0.151. The highest BCUT2D eigenvalue weighted by molar-refractivity contribution is 5.84. The molecule has 1 aromatic rings. The molecule has 0 aromatic carbocycles. The van der Waals surface area contributed by atoms with Crippen molar-refractivity contribution in [3.8, 4) is 0 Å². The van der Waals surface area contributed by atoms with Crippen molar-refractivity contribution in [1.29, 1.82) is 0 Å². The van der Waals surface area contributed by atoms with Gasteiger partial charge >= 0.3 is 0 Å². The molecule has 5 heteroatoms. The summed E-state index contributed by atoms with van der Waals surface area (Å²) in [6.07, 6.45) is 5.55. The maximum Gasteiger partial charge on any atom is 0.230 e. The number of morpholine rings is 1. The van der Waals surface area contributed by atoms with E-state index < -0.39 is 0 Å². The number of carbonyl (C=O) groups is 1. The molecule has 2 heterocycles. The average Bonchev–Trinajstić information content (AvgIpc) is 2.87. The minimum atomic E-state index is -0.146. The molecule has 1 aliphatic carbocycles. The Bertz CT molecular complexity index is 519. The Balaban J connectivity index is 1.84. The van der Waals surface area contributed by atoms with E-state index in [4.69, 9.17) is 9.26 Å². The molecule has 1 aromatic heterocycles. The van der Waals surface area contributed by atoms with Crippen molar-refractivity contribution in [3.05, 3.63) is 17.0 Å². The smallest absolute Gasteiger partial charge is 0.230 e. The maximum absolute atomic E-state index is 13.2. The van der Waals surface area contributed by atoms with E-state index in [0.717, 1.165) is 36.3 Å². The number of fused-ring (bicyclic) bond motifs is 1. The van der Waals surface area contributed by atoms with Gasteiger partial charge in [-0.25, -0.2) is 0 Å². The Morgan fingerprint density at radius 3 is 2.82 bits per heavy atom. The van der Waals surface area contributed by atoms with Gasteiger partial charge in [-0.2, -0.15) is 0 Å². The second-order valence-corrected chi connectivity index (χ2v) is 6.49. The molecule has 2 fully saturated rings. The number of hydrogen-bond acceptors (Lipinski definition) is 4. The molecule has 0 radical (unpaired) electrons. The van der Waals surface area contributed by atoms with Gasteiger partial charge in [-0.15, -0.1) is 0 Å². The van der Waals surface area contributed by atoms with Crippen LogP contribution in [0.3, 0.4) is 0 Å². The third-order valence-corrected chi connectivity index (χ3v) is 5.16. The Morgan fingerprint density at radius 2 is 2.14 bits per heavy atom. The molecular weight excluding hydrogens is 280 g/mol. The number of ether oxygens (including phenoxy) is 1. The van der Waals surface area contributed by atoms with Crippen LogP contribution in [0, 0.1) is 13.8 Å². The summed E-state index contributed by atoms with van der Waals surface area (Å²) in [6, 6.07) is 0.254. The Kier molecular flexibility index (Phi) is 4.52. The molecule has 22 heavy (non-hydrogen) atoms. The van der Waals surface area contributed by atoms with E-state index in [9.17, 15) is 4.79 Å². The van der Waals surface area contributed by atoms with E-state index in [2.05, 4.69) is 17.0 Å². The molecule has 1 saturated carbocycles. The summed E-state index contributed by atoms with van der Waals surface area (Å²) in [5.74, 6) is 0.843. The minimum Gasteiger partial charge on any atom is -0.374 e. The first kappa shape index (κ1) is 15.5. The van der Waals surface area contributed by atoms with Gasteiger partial charge in [-0.3, -0.25) is 4.79 Å². The van der Waals surface area contributed by atoms with Crippen LogP contribution in [-0.4, -0.2) is 41.3 Å². The molecule has 0 bridgehead atoms. The first-order chi connectivity index (χ1) is 10.6. The number of carbonyl (C=O) groups excluding carboxylic acids is 1. The van der Waals surface area contributed by atoms with Crippen LogP contribution in [0.4, 0.5) is 0 Å². The summed E-state index contributed by atoms with van der Waals surface area (Å²) in [4.78, 5) is 15.3. The highest BCUT2D eigenvalue weighted by Gasteiger charge is 2.39. The Morgan fingerprint density at radius 1 is 1.36 bits per heavy atom. The van der Waals surface area contributed by atoms with Crippen LogP contribution in [0.2, 0.25) is 0 Å². The second-order valence-electron chi connectivity index (χ2n) is 6.49. The molecule has 0 N–H and O–H groups in total. The molecule has 2 aliphatic rings. The van der Waals surface area contributed by atoms with E-state index in [1.165, 1.54) is 12.8 Å². The van der Waals surface area contributed by atoms with Gasteiger partial charge in [0.05, 0.1) is 30.4 Å². The fourth-order valence-electron chi connectivity index (χ4n) is 4.06. The fourth-order valence-corrected chi connectivity index (χ4v) is 4.06. The minimum absolute atomic E-state index is 0.146. The fraction of sp³-hybridized carbons (Fsp3) is 0.765. The monoisotopic (exact) mass is 306 g/mol. The van der Waals surface area contributed by atoms with Gasteiger partial charge in [-0.1, -0.05) is 24.9 Å². The van der Waals surface area contributed by atoms with E-state index in [1.807, 2.05) is 13.8 Å². The summed E-state index contributed by atoms with van der Waals surface area (Å²) >= 11 is 0. The molecule has 122 valence electrons. The SMILES string of the molecule is CCC(C(=O)N1CCOC2CCCCC21)c1c(C)noc1C. The molecule has 5 nitrogen and oxygen atoms in total. The van der Waals surface area contributed by atoms with E-state index in [-0.39, 0.29) is 24.0 Å². The van der Waals surface area contributed by atoms with Crippen molar-refractivity contribution in [2.24, 2.45) is 0 Å². The largest absolute Gasteiger partial charge is 0.374 e. The van der Waals surface area contributed by atoms with Crippen LogP contribution in [0.1, 0.15) is 62.0 Å². The summed E-state index contributed by atoms with van der Waals surface area (Å²) in [7, 11) is 0. The van der Waals surface area contributed by atoms with Crippen LogP contribution in [0.5, 0.6) is 0 Å². The number of aromatic nitrogens is 1. The lowest BCUT2D eigenvalue weighted by Gasteiger charge is -2.44. The molecule has 1 saturated heterocycles. The third-order valence-electron chi connectivity index (χ3n) is 5.16. The van der Waals surface area contributed by atoms with Gasteiger partial charge in [-0.05, 0) is 33.1 Å². The molecular formula is C17H26N2O3. The molecule has 3 unspecified atom stereocenters. The number of rotatable bonds is 3. The van der Waals surface area contributed by atoms with Crippen molar-refractivity contribution in [1.82, 2.24) is 10.1 Å². The van der Waals surface area contributed by atoms with Crippen LogP contribution in [0.15, 0.2) is 4.52 Å². The quantitative estimate of drug-likeness (QED) is 0.861. The first-order valence-corrected chi connectivity index (χ1v) is 8.48. The Hall–Kier alpha value is -1.36. The molecule has 3 atom stereocenters. The topological polar surface area (TPSA) is 55.6 Å². The first-order valence-electron chi connectivity index (χ1n) is 8.48. The number of nitrogens with zero attached hydrogens (tertiary/aromatic N) is 2. The summed E-state index contributed by atoms with van der Waals surface area (Å²) in [5.41, 5.74) is 1.82. The van der Waals surface area contributed by atoms with Crippen molar-refractivity contribution in [2.45, 2.75) is 70.9 Å². The summed E-state index contributed by atoms with van der Waals surface area (Å²) < 4.78 is 11.2. The van der Waals surface area contributed by atoms with Gasteiger partial charge in [0, 0.05) is 12.1 Å².